The number of carboxylic acid groups (broad SMARTS) is 1. The van der Waals surface area contributed by atoms with Crippen LogP contribution in [0.15, 0.2) is 0 Å². The van der Waals surface area contributed by atoms with E-state index in [0.717, 1.165) is 4.90 Å². The van der Waals surface area contributed by atoms with E-state index in [1.54, 1.807) is 13.8 Å². The monoisotopic (exact) mass is 354 g/mol. The molecule has 3 atom stereocenters. The summed E-state index contributed by atoms with van der Waals surface area (Å²) in [6.45, 7) is 2.45. The summed E-state index contributed by atoms with van der Waals surface area (Å²) >= 11 is 0. The topological polar surface area (TPSA) is 95.9 Å². The van der Waals surface area contributed by atoms with Gasteiger partial charge in [0, 0.05) is 26.1 Å². The zero-order chi connectivity index (χ0) is 18.5. The Kier molecular flexibility index (Phi) is 6.85. The van der Waals surface area contributed by atoms with Crippen LogP contribution in [0.4, 0.5) is 18.0 Å². The quantitative estimate of drug-likeness (QED) is 0.705. The Morgan fingerprint density at radius 2 is 1.96 bits per heavy atom. The maximum Gasteiger partial charge on any atom is 0.394 e. The molecule has 0 spiro atoms. The molecule has 1 unspecified atom stereocenters. The molecule has 0 aromatic heterocycles. The molecule has 1 rings (SSSR count). The number of nitrogens with one attached hydrogen (secondary N) is 1. The van der Waals surface area contributed by atoms with Crippen LogP contribution in [0.5, 0.6) is 0 Å². The van der Waals surface area contributed by atoms with E-state index in [9.17, 15) is 27.6 Å². The van der Waals surface area contributed by atoms with E-state index < -0.39 is 49.1 Å². The van der Waals surface area contributed by atoms with Gasteiger partial charge in [0.15, 0.2) is 0 Å². The number of likely N-dealkylation sites (tertiary alicyclic amines) is 1. The molecule has 1 heterocycles. The molecule has 0 saturated carbocycles. The number of aliphatic carboxylic acids is 1. The number of halogens is 3. The van der Waals surface area contributed by atoms with Crippen LogP contribution in [0.3, 0.4) is 0 Å². The summed E-state index contributed by atoms with van der Waals surface area (Å²) in [6, 6.07) is -0.774. The molecule has 0 aliphatic carbocycles. The van der Waals surface area contributed by atoms with Gasteiger partial charge in [-0.2, -0.15) is 13.2 Å². The third-order valence-corrected chi connectivity index (χ3v) is 3.77. The first-order valence-corrected chi connectivity index (χ1v) is 7.54. The summed E-state index contributed by atoms with van der Waals surface area (Å²) in [5.41, 5.74) is 0. The van der Waals surface area contributed by atoms with Gasteiger partial charge >= 0.3 is 24.1 Å². The molecule has 7 nitrogen and oxygen atoms in total. The summed E-state index contributed by atoms with van der Waals surface area (Å²) in [5.74, 6) is -6.03. The minimum Gasteiger partial charge on any atom is -0.481 e. The van der Waals surface area contributed by atoms with Crippen molar-refractivity contribution in [3.63, 3.8) is 0 Å². The van der Waals surface area contributed by atoms with Gasteiger partial charge in [-0.3, -0.25) is 9.59 Å². The Balaban J connectivity index is 2.54. The summed E-state index contributed by atoms with van der Waals surface area (Å²) < 4.78 is 43.4. The van der Waals surface area contributed by atoms with Gasteiger partial charge in [-0.05, 0) is 12.8 Å². The normalized spacial score (nSPS) is 22.1. The highest BCUT2D eigenvalue weighted by atomic mass is 19.4. The third kappa shape index (κ3) is 5.57. The number of hydrogen-bond donors (Lipinski definition) is 2. The number of carboxylic acids is 1. The Morgan fingerprint density at radius 1 is 1.33 bits per heavy atom. The molecule has 0 aromatic rings. The van der Waals surface area contributed by atoms with Crippen molar-refractivity contribution < 1.29 is 37.4 Å². The minimum absolute atomic E-state index is 0.0665. The van der Waals surface area contributed by atoms with E-state index in [1.165, 1.54) is 0 Å². The lowest BCUT2D eigenvalue weighted by Gasteiger charge is -2.19. The zero-order valence-electron chi connectivity index (χ0n) is 13.4. The van der Waals surface area contributed by atoms with Crippen molar-refractivity contribution in [2.24, 2.45) is 17.8 Å². The van der Waals surface area contributed by atoms with Crippen LogP contribution in [-0.4, -0.2) is 60.4 Å². The fraction of sp³-hybridized carbons (Fsp3) is 0.786. The van der Waals surface area contributed by atoms with Gasteiger partial charge in [0.05, 0.1) is 18.4 Å². The molecule has 10 heteroatoms. The number of rotatable bonds is 6. The Morgan fingerprint density at radius 3 is 2.42 bits per heavy atom. The van der Waals surface area contributed by atoms with Crippen LogP contribution < -0.4 is 5.32 Å². The zero-order valence-corrected chi connectivity index (χ0v) is 13.4. The summed E-state index contributed by atoms with van der Waals surface area (Å²) in [7, 11) is 0. The number of urea groups is 1. The largest absolute Gasteiger partial charge is 0.481 e. The highest BCUT2D eigenvalue weighted by Gasteiger charge is 2.53. The fourth-order valence-corrected chi connectivity index (χ4v) is 2.50. The first-order valence-electron chi connectivity index (χ1n) is 7.54. The lowest BCUT2D eigenvalue weighted by molar-refractivity contribution is -0.187. The smallest absolute Gasteiger partial charge is 0.394 e. The molecule has 2 amide bonds. The number of carbonyl (C=O) groups excluding carboxylic acids is 2. The molecular weight excluding hydrogens is 333 g/mol. The van der Waals surface area contributed by atoms with E-state index >= 15 is 0 Å². The van der Waals surface area contributed by atoms with E-state index in [-0.39, 0.29) is 25.5 Å². The molecule has 0 aromatic carbocycles. The van der Waals surface area contributed by atoms with Gasteiger partial charge in [-0.1, -0.05) is 6.92 Å². The van der Waals surface area contributed by atoms with Gasteiger partial charge in [0.25, 0.3) is 0 Å². The average Bonchev–Trinajstić information content (AvgIpc) is 2.90. The summed E-state index contributed by atoms with van der Waals surface area (Å²) in [5, 5.41) is 11.3. The van der Waals surface area contributed by atoms with Crippen LogP contribution >= 0.6 is 0 Å². The van der Waals surface area contributed by atoms with Crippen molar-refractivity contribution in [1.82, 2.24) is 10.2 Å². The SMILES string of the molecule is CCOC(=O)CC(C)CNC(=O)N1C[C@@H](C(F)(F)F)[C@H](C(=O)O)C1. The van der Waals surface area contributed by atoms with Crippen molar-refractivity contribution >= 4 is 18.0 Å². The highest BCUT2D eigenvalue weighted by Crippen LogP contribution is 2.37. The van der Waals surface area contributed by atoms with Crippen LogP contribution in [0.1, 0.15) is 20.3 Å². The van der Waals surface area contributed by atoms with Gasteiger partial charge in [-0.25, -0.2) is 4.79 Å². The Hall–Kier alpha value is -2.00. The van der Waals surface area contributed by atoms with Gasteiger partial charge < -0.3 is 20.1 Å². The molecule has 0 bridgehead atoms. The number of carbonyl (C=O) groups is 3. The predicted molar refractivity (Wildman–Crippen MR) is 76.1 cm³/mol. The summed E-state index contributed by atoms with van der Waals surface area (Å²) in [4.78, 5) is 35.0. The first kappa shape index (κ1) is 20.0. The third-order valence-electron chi connectivity index (χ3n) is 3.77. The van der Waals surface area contributed by atoms with Crippen LogP contribution in [0, 0.1) is 17.8 Å². The number of esters is 1. The van der Waals surface area contributed by atoms with Crippen molar-refractivity contribution in [1.29, 1.82) is 0 Å². The molecule has 1 saturated heterocycles. The Bertz CT molecular complexity index is 484. The second kappa shape index (κ2) is 8.20. The van der Waals surface area contributed by atoms with Crippen molar-refractivity contribution in [2.75, 3.05) is 26.2 Å². The lowest BCUT2D eigenvalue weighted by Crippen LogP contribution is -2.41. The molecular formula is C14H21F3N2O5. The van der Waals surface area contributed by atoms with Crippen LogP contribution in [-0.2, 0) is 14.3 Å². The molecule has 1 aliphatic heterocycles. The molecule has 0 radical (unpaired) electrons. The van der Waals surface area contributed by atoms with Crippen molar-refractivity contribution in [3.05, 3.63) is 0 Å². The molecule has 1 fully saturated rings. The predicted octanol–water partition coefficient (Wildman–Crippen LogP) is 1.48. The highest BCUT2D eigenvalue weighted by molar-refractivity contribution is 5.78. The van der Waals surface area contributed by atoms with Gasteiger partial charge in [0.2, 0.25) is 0 Å². The number of alkyl halides is 3. The maximum atomic E-state index is 12.9. The summed E-state index contributed by atoms with van der Waals surface area (Å²) in [6.07, 6.45) is -4.62. The van der Waals surface area contributed by atoms with Crippen molar-refractivity contribution in [3.8, 4) is 0 Å². The second-order valence-corrected chi connectivity index (χ2v) is 5.80. The van der Waals surface area contributed by atoms with E-state index in [4.69, 9.17) is 9.84 Å². The Labute approximate surface area is 137 Å². The maximum absolute atomic E-state index is 12.9. The number of hydrogen-bond acceptors (Lipinski definition) is 4. The van der Waals surface area contributed by atoms with E-state index in [1.807, 2.05) is 0 Å². The van der Waals surface area contributed by atoms with Crippen LogP contribution in [0.2, 0.25) is 0 Å². The van der Waals surface area contributed by atoms with Gasteiger partial charge in [-0.15, -0.1) is 0 Å². The fourth-order valence-electron chi connectivity index (χ4n) is 2.50. The molecule has 24 heavy (non-hydrogen) atoms. The standard InChI is InChI=1S/C14H21F3N2O5/c1-3-24-11(20)4-8(2)5-18-13(23)19-6-9(12(21)22)10(7-19)14(15,16)17/h8-10H,3-7H2,1-2H3,(H,18,23)(H,21,22)/t8?,9-,10-/m1/s1. The minimum atomic E-state index is -4.69. The van der Waals surface area contributed by atoms with Crippen molar-refractivity contribution in [2.45, 2.75) is 26.4 Å². The molecule has 2 N–H and O–H groups in total. The van der Waals surface area contributed by atoms with E-state index in [0.29, 0.717) is 0 Å². The lowest BCUT2D eigenvalue weighted by atomic mass is 9.96. The number of nitrogens with zero attached hydrogens (tertiary/aromatic N) is 1. The van der Waals surface area contributed by atoms with E-state index in [2.05, 4.69) is 5.32 Å². The molecule has 1 aliphatic rings. The molecule has 138 valence electrons. The number of ether oxygens (including phenoxy) is 1. The van der Waals surface area contributed by atoms with Gasteiger partial charge in [0.1, 0.15) is 0 Å². The average molecular weight is 354 g/mol. The second-order valence-electron chi connectivity index (χ2n) is 5.80. The van der Waals surface area contributed by atoms with Crippen LogP contribution in [0.25, 0.3) is 0 Å². The first-order chi connectivity index (χ1) is 11.1. The number of amides is 2.